The molecule has 0 unspecified atom stereocenters. The van der Waals surface area contributed by atoms with Crippen molar-refractivity contribution in [2.45, 2.75) is 44.6 Å². The summed E-state index contributed by atoms with van der Waals surface area (Å²) < 4.78 is 26.9. The van der Waals surface area contributed by atoms with Crippen molar-refractivity contribution in [1.29, 1.82) is 0 Å². The number of aryl methyl sites for hydroxylation is 1. The van der Waals surface area contributed by atoms with Gasteiger partial charge in [-0.3, -0.25) is 9.58 Å². The predicted octanol–water partition coefficient (Wildman–Crippen LogP) is 1.28. The quantitative estimate of drug-likeness (QED) is 0.805. The monoisotopic (exact) mass is 346 g/mol. The second-order valence-corrected chi connectivity index (χ2v) is 9.02. The molecule has 1 atom stereocenters. The van der Waals surface area contributed by atoms with Crippen molar-refractivity contribution in [2.24, 2.45) is 0 Å². The van der Waals surface area contributed by atoms with E-state index < -0.39 is 10.0 Å². The van der Waals surface area contributed by atoms with Gasteiger partial charge in [0.05, 0.1) is 24.2 Å². The second kappa shape index (κ2) is 7.81. The first-order valence-electron chi connectivity index (χ1n) is 7.63. The normalized spacial score (nSPS) is 18.0. The first-order valence-corrected chi connectivity index (χ1v) is 10.8. The summed E-state index contributed by atoms with van der Waals surface area (Å²) in [6.45, 7) is 6.53. The summed E-state index contributed by atoms with van der Waals surface area (Å²) in [5.41, 5.74) is 1.97. The van der Waals surface area contributed by atoms with Crippen LogP contribution in [0.25, 0.3) is 0 Å². The molecule has 0 amide bonds. The van der Waals surface area contributed by atoms with Crippen molar-refractivity contribution in [3.05, 3.63) is 17.5 Å². The number of rotatable bonds is 7. The number of aromatic nitrogens is 2. The molecule has 8 heteroatoms. The van der Waals surface area contributed by atoms with Gasteiger partial charge in [0.1, 0.15) is 0 Å². The van der Waals surface area contributed by atoms with Crippen LogP contribution in [0.15, 0.2) is 6.07 Å². The minimum atomic E-state index is -3.17. The first-order chi connectivity index (χ1) is 10.4. The summed E-state index contributed by atoms with van der Waals surface area (Å²) in [6.07, 6.45) is 5.60. The largest absolute Gasteiger partial charge is 0.297 e. The fourth-order valence-electron chi connectivity index (χ4n) is 2.55. The standard InChI is InChI=1S/C14H26N4O2S2/c1-12(21-2)5-8-17-6-4-7-18-14(11-17)9-13(16-18)10-15-22(3,19)20/h9,12,15H,4-8,10-11H2,1-3H3/t12-/m0/s1. The summed E-state index contributed by atoms with van der Waals surface area (Å²) in [6, 6.07) is 2.02. The Morgan fingerprint density at radius 1 is 1.45 bits per heavy atom. The lowest BCUT2D eigenvalue weighted by atomic mass is 10.2. The van der Waals surface area contributed by atoms with Gasteiger partial charge >= 0.3 is 0 Å². The van der Waals surface area contributed by atoms with E-state index in [1.165, 1.54) is 18.4 Å². The molecule has 2 heterocycles. The molecule has 0 fully saturated rings. The predicted molar refractivity (Wildman–Crippen MR) is 91.4 cm³/mol. The van der Waals surface area contributed by atoms with Crippen molar-refractivity contribution < 1.29 is 8.42 Å². The number of fused-ring (bicyclic) bond motifs is 1. The van der Waals surface area contributed by atoms with Crippen molar-refractivity contribution in [3.8, 4) is 0 Å². The zero-order valence-corrected chi connectivity index (χ0v) is 15.2. The fourth-order valence-corrected chi connectivity index (χ4v) is 3.30. The summed E-state index contributed by atoms with van der Waals surface area (Å²) in [4.78, 5) is 2.47. The maximum Gasteiger partial charge on any atom is 0.209 e. The van der Waals surface area contributed by atoms with Crippen LogP contribution in [0.2, 0.25) is 0 Å². The highest BCUT2D eigenvalue weighted by atomic mass is 32.2. The Morgan fingerprint density at radius 2 is 2.23 bits per heavy atom. The Balaban J connectivity index is 1.96. The molecule has 1 aromatic heterocycles. The van der Waals surface area contributed by atoms with Crippen LogP contribution in [-0.4, -0.2) is 53.9 Å². The lowest BCUT2D eigenvalue weighted by Gasteiger charge is -2.20. The van der Waals surface area contributed by atoms with Crippen LogP contribution >= 0.6 is 11.8 Å². The van der Waals surface area contributed by atoms with Crippen LogP contribution in [-0.2, 0) is 29.7 Å². The van der Waals surface area contributed by atoms with Crippen LogP contribution in [0.5, 0.6) is 0 Å². The third kappa shape index (κ3) is 5.57. The molecule has 6 nitrogen and oxygen atoms in total. The van der Waals surface area contributed by atoms with Crippen LogP contribution in [0.4, 0.5) is 0 Å². The zero-order valence-electron chi connectivity index (χ0n) is 13.6. The van der Waals surface area contributed by atoms with E-state index in [1.54, 1.807) is 0 Å². The van der Waals surface area contributed by atoms with Gasteiger partial charge in [0.15, 0.2) is 0 Å². The maximum atomic E-state index is 11.2. The Kier molecular flexibility index (Phi) is 6.31. The van der Waals surface area contributed by atoms with Gasteiger partial charge in [-0.15, -0.1) is 0 Å². The van der Waals surface area contributed by atoms with Crippen LogP contribution < -0.4 is 4.72 Å². The molecule has 1 aliphatic heterocycles. The van der Waals surface area contributed by atoms with Gasteiger partial charge in [-0.1, -0.05) is 6.92 Å². The fraction of sp³-hybridized carbons (Fsp3) is 0.786. The average molecular weight is 347 g/mol. The zero-order chi connectivity index (χ0) is 16.2. The smallest absolute Gasteiger partial charge is 0.209 e. The van der Waals surface area contributed by atoms with E-state index >= 15 is 0 Å². The van der Waals surface area contributed by atoms with Crippen molar-refractivity contribution in [3.63, 3.8) is 0 Å². The van der Waals surface area contributed by atoms with E-state index in [0.717, 1.165) is 38.3 Å². The molecule has 0 saturated heterocycles. The molecular weight excluding hydrogens is 320 g/mol. The van der Waals surface area contributed by atoms with Gasteiger partial charge in [0, 0.05) is 24.9 Å². The lowest BCUT2D eigenvalue weighted by molar-refractivity contribution is 0.266. The van der Waals surface area contributed by atoms with Crippen LogP contribution in [0.1, 0.15) is 31.2 Å². The van der Waals surface area contributed by atoms with Gasteiger partial charge in [-0.25, -0.2) is 13.1 Å². The SMILES string of the molecule is CS[C@@H](C)CCN1CCCn2nc(CNS(C)(=O)=O)cc2C1. The molecule has 0 spiro atoms. The molecule has 22 heavy (non-hydrogen) atoms. The van der Waals surface area contributed by atoms with Crippen LogP contribution in [0.3, 0.4) is 0 Å². The number of hydrogen-bond acceptors (Lipinski definition) is 5. The molecule has 0 bridgehead atoms. The molecular formula is C14H26N4O2S2. The van der Waals surface area contributed by atoms with E-state index in [1.807, 2.05) is 22.5 Å². The van der Waals surface area contributed by atoms with Gasteiger partial charge < -0.3 is 0 Å². The summed E-state index contributed by atoms with van der Waals surface area (Å²) in [5, 5.41) is 5.20. The third-order valence-electron chi connectivity index (χ3n) is 3.91. The van der Waals surface area contributed by atoms with Gasteiger partial charge in [0.25, 0.3) is 0 Å². The Bertz CT molecular complexity index is 586. The second-order valence-electron chi connectivity index (χ2n) is 5.91. The Hall–Kier alpha value is -0.570. The van der Waals surface area contributed by atoms with E-state index in [2.05, 4.69) is 27.9 Å². The highest BCUT2D eigenvalue weighted by molar-refractivity contribution is 7.99. The molecule has 1 N–H and O–H groups in total. The lowest BCUT2D eigenvalue weighted by Crippen LogP contribution is -2.26. The number of nitrogens with zero attached hydrogens (tertiary/aromatic N) is 3. The molecule has 1 aromatic rings. The molecule has 2 rings (SSSR count). The number of hydrogen-bond donors (Lipinski definition) is 1. The summed E-state index contributed by atoms with van der Waals surface area (Å²) in [5.74, 6) is 0. The van der Waals surface area contributed by atoms with Gasteiger partial charge in [-0.2, -0.15) is 16.9 Å². The summed E-state index contributed by atoms with van der Waals surface area (Å²) in [7, 11) is -3.17. The van der Waals surface area contributed by atoms with E-state index in [9.17, 15) is 8.42 Å². The van der Waals surface area contributed by atoms with Gasteiger partial charge in [-0.05, 0) is 31.7 Å². The first kappa shape index (κ1) is 17.8. The highest BCUT2D eigenvalue weighted by Crippen LogP contribution is 2.16. The minimum absolute atomic E-state index is 0.266. The highest BCUT2D eigenvalue weighted by Gasteiger charge is 2.17. The number of thioether (sulfide) groups is 1. The molecule has 1 aliphatic rings. The average Bonchev–Trinajstić information content (AvgIpc) is 2.73. The molecule has 0 radical (unpaired) electrons. The molecule has 0 aromatic carbocycles. The Labute approximate surface area is 137 Å². The molecule has 0 saturated carbocycles. The third-order valence-corrected chi connectivity index (χ3v) is 5.62. The van der Waals surface area contributed by atoms with Crippen molar-refractivity contribution >= 4 is 21.8 Å². The molecule has 126 valence electrons. The van der Waals surface area contributed by atoms with Gasteiger partial charge in [0.2, 0.25) is 10.0 Å². The topological polar surface area (TPSA) is 67.2 Å². The summed E-state index contributed by atoms with van der Waals surface area (Å²) >= 11 is 1.91. The van der Waals surface area contributed by atoms with E-state index in [-0.39, 0.29) is 6.54 Å². The van der Waals surface area contributed by atoms with Crippen LogP contribution in [0, 0.1) is 0 Å². The maximum absolute atomic E-state index is 11.2. The minimum Gasteiger partial charge on any atom is -0.297 e. The van der Waals surface area contributed by atoms with Crippen molar-refractivity contribution in [1.82, 2.24) is 19.4 Å². The molecule has 0 aliphatic carbocycles. The van der Waals surface area contributed by atoms with E-state index in [4.69, 9.17) is 0 Å². The van der Waals surface area contributed by atoms with E-state index in [0.29, 0.717) is 5.25 Å². The number of sulfonamides is 1. The number of nitrogens with one attached hydrogen (secondary N) is 1. The Morgan fingerprint density at radius 3 is 2.91 bits per heavy atom. The van der Waals surface area contributed by atoms with Crippen molar-refractivity contribution in [2.75, 3.05) is 25.6 Å².